The normalized spacial score (nSPS) is 11.3. The number of hydrogen-bond acceptors (Lipinski definition) is 3. The van der Waals surface area contributed by atoms with E-state index in [4.69, 9.17) is 0 Å². The summed E-state index contributed by atoms with van der Waals surface area (Å²) in [6.07, 6.45) is 0. The van der Waals surface area contributed by atoms with E-state index in [0.29, 0.717) is 30.5 Å². The third-order valence-corrected chi connectivity index (χ3v) is 4.14. The molecule has 0 fully saturated rings. The van der Waals surface area contributed by atoms with Crippen LogP contribution in [0.25, 0.3) is 0 Å². The molecule has 0 saturated carbocycles. The van der Waals surface area contributed by atoms with E-state index in [0.717, 1.165) is 17.2 Å². The Bertz CT molecular complexity index is 658. The van der Waals surface area contributed by atoms with Crippen LogP contribution in [0.1, 0.15) is 43.0 Å². The van der Waals surface area contributed by atoms with Gasteiger partial charge in [0.25, 0.3) is 0 Å². The van der Waals surface area contributed by atoms with E-state index >= 15 is 0 Å². The van der Waals surface area contributed by atoms with Gasteiger partial charge in [0.2, 0.25) is 0 Å². The van der Waals surface area contributed by atoms with E-state index in [9.17, 15) is 4.39 Å². The lowest BCUT2D eigenvalue weighted by atomic mass is 10.2. The zero-order valence-corrected chi connectivity index (χ0v) is 17.3. The van der Waals surface area contributed by atoms with Gasteiger partial charge in [-0.2, -0.15) is 0 Å². The first-order valence-electron chi connectivity index (χ1n) is 7.80. The van der Waals surface area contributed by atoms with Gasteiger partial charge < -0.3 is 10.6 Å². The Labute approximate surface area is 164 Å². The molecule has 132 valence electrons. The summed E-state index contributed by atoms with van der Waals surface area (Å²) in [5.41, 5.74) is 1.70. The highest BCUT2D eigenvalue weighted by Gasteiger charge is 2.06. The lowest BCUT2D eigenvalue weighted by Crippen LogP contribution is -2.36. The van der Waals surface area contributed by atoms with Crippen molar-refractivity contribution in [1.29, 1.82) is 0 Å². The summed E-state index contributed by atoms with van der Waals surface area (Å²) < 4.78 is 13.6. The van der Waals surface area contributed by atoms with E-state index < -0.39 is 0 Å². The zero-order valence-electron chi connectivity index (χ0n) is 14.2. The Morgan fingerprint density at radius 2 is 2.04 bits per heavy atom. The van der Waals surface area contributed by atoms with Crippen LogP contribution in [0, 0.1) is 5.82 Å². The number of halogens is 2. The van der Waals surface area contributed by atoms with Gasteiger partial charge in [-0.15, -0.1) is 35.3 Å². The lowest BCUT2D eigenvalue weighted by molar-refractivity contribution is 0.610. The molecule has 0 radical (unpaired) electrons. The molecule has 2 rings (SSSR count). The molecule has 1 aromatic carbocycles. The highest BCUT2D eigenvalue weighted by atomic mass is 127. The fraction of sp³-hybridized carbons (Fsp3) is 0.412. The molecule has 1 aromatic heterocycles. The predicted molar refractivity (Wildman–Crippen MR) is 110 cm³/mol. The van der Waals surface area contributed by atoms with Gasteiger partial charge in [-0.3, -0.25) is 0 Å². The first-order chi connectivity index (χ1) is 11.1. The lowest BCUT2D eigenvalue weighted by Gasteiger charge is -2.10. The molecule has 0 atom stereocenters. The summed E-state index contributed by atoms with van der Waals surface area (Å²) in [7, 11) is 0. The van der Waals surface area contributed by atoms with Crippen LogP contribution < -0.4 is 10.6 Å². The second-order valence-corrected chi connectivity index (χ2v) is 6.40. The van der Waals surface area contributed by atoms with E-state index in [1.165, 1.54) is 6.07 Å². The number of aromatic nitrogens is 1. The van der Waals surface area contributed by atoms with Crippen LogP contribution in [0.2, 0.25) is 0 Å². The van der Waals surface area contributed by atoms with Gasteiger partial charge in [0.05, 0.1) is 18.8 Å². The predicted octanol–water partition coefficient (Wildman–Crippen LogP) is 4.28. The minimum absolute atomic E-state index is 0. The first kappa shape index (κ1) is 20.8. The maximum absolute atomic E-state index is 13.6. The number of hydrogen-bond donors (Lipinski definition) is 2. The van der Waals surface area contributed by atoms with Crippen molar-refractivity contribution in [2.75, 3.05) is 6.54 Å². The van der Waals surface area contributed by atoms with E-state index in [2.05, 4.69) is 39.8 Å². The number of rotatable bonds is 6. The van der Waals surface area contributed by atoms with Crippen molar-refractivity contribution in [2.24, 2.45) is 4.99 Å². The molecule has 0 spiro atoms. The van der Waals surface area contributed by atoms with Gasteiger partial charge >= 0.3 is 0 Å². The summed E-state index contributed by atoms with van der Waals surface area (Å²) in [4.78, 5) is 9.02. The van der Waals surface area contributed by atoms with Crippen LogP contribution in [-0.2, 0) is 13.1 Å². The van der Waals surface area contributed by atoms with Crippen molar-refractivity contribution >= 4 is 41.3 Å². The Kier molecular flexibility index (Phi) is 9.20. The Balaban J connectivity index is 0.00000288. The Hall–Kier alpha value is -1.22. The van der Waals surface area contributed by atoms with Crippen molar-refractivity contribution in [3.8, 4) is 0 Å². The average molecular weight is 462 g/mol. The standard InChI is InChI=1S/C17H23FN4S.HI/c1-4-19-17(20-9-13-7-5-6-8-14(13)18)21-10-16-22-15(11-23-16)12(2)3;/h5-8,11-12H,4,9-10H2,1-3H3,(H2,19,20,21);1H. The van der Waals surface area contributed by atoms with Crippen molar-refractivity contribution < 1.29 is 4.39 Å². The molecule has 0 aliphatic heterocycles. The van der Waals surface area contributed by atoms with Crippen LogP contribution in [0.4, 0.5) is 4.39 Å². The fourth-order valence-corrected chi connectivity index (χ4v) is 2.86. The number of guanidine groups is 1. The van der Waals surface area contributed by atoms with Crippen LogP contribution in [0.15, 0.2) is 34.6 Å². The molecule has 4 nitrogen and oxygen atoms in total. The van der Waals surface area contributed by atoms with E-state index in [1.54, 1.807) is 23.5 Å². The molecule has 0 amide bonds. The Morgan fingerprint density at radius 3 is 2.67 bits per heavy atom. The van der Waals surface area contributed by atoms with Crippen molar-refractivity contribution in [3.63, 3.8) is 0 Å². The molecule has 0 aliphatic carbocycles. The van der Waals surface area contributed by atoms with Gasteiger partial charge in [-0.05, 0) is 18.9 Å². The van der Waals surface area contributed by atoms with Crippen molar-refractivity contribution in [2.45, 2.75) is 39.8 Å². The summed E-state index contributed by atoms with van der Waals surface area (Å²) in [6, 6.07) is 6.70. The molecule has 0 unspecified atom stereocenters. The largest absolute Gasteiger partial charge is 0.357 e. The molecule has 0 aliphatic rings. The third-order valence-electron chi connectivity index (χ3n) is 3.28. The number of nitrogens with one attached hydrogen (secondary N) is 2. The molecule has 1 heterocycles. The number of thiazole rings is 1. The summed E-state index contributed by atoms with van der Waals surface area (Å²) in [5.74, 6) is 0.869. The molecule has 24 heavy (non-hydrogen) atoms. The van der Waals surface area contributed by atoms with Crippen LogP contribution >= 0.6 is 35.3 Å². The van der Waals surface area contributed by atoms with Gasteiger partial charge in [0.1, 0.15) is 10.8 Å². The minimum Gasteiger partial charge on any atom is -0.357 e. The third kappa shape index (κ3) is 6.35. The van der Waals surface area contributed by atoms with Gasteiger partial charge in [0.15, 0.2) is 5.96 Å². The molecule has 2 aromatic rings. The SMILES string of the molecule is CCNC(=NCc1ccccc1F)NCc1nc(C(C)C)cs1.I. The van der Waals surface area contributed by atoms with Gasteiger partial charge in [0, 0.05) is 17.5 Å². The van der Waals surface area contributed by atoms with Gasteiger partial charge in [-0.25, -0.2) is 14.4 Å². The zero-order chi connectivity index (χ0) is 16.7. The molecular formula is C17H24FIN4S. The molecule has 7 heteroatoms. The summed E-state index contributed by atoms with van der Waals surface area (Å²) in [5, 5.41) is 9.52. The molecular weight excluding hydrogens is 438 g/mol. The number of aliphatic imine (C=N–C) groups is 1. The number of benzene rings is 1. The molecule has 2 N–H and O–H groups in total. The maximum Gasteiger partial charge on any atom is 0.191 e. The topological polar surface area (TPSA) is 49.3 Å². The van der Waals surface area contributed by atoms with Gasteiger partial charge in [-0.1, -0.05) is 32.0 Å². The minimum atomic E-state index is -0.228. The first-order valence-corrected chi connectivity index (χ1v) is 8.68. The molecule has 0 saturated heterocycles. The summed E-state index contributed by atoms with van der Waals surface area (Å²) in [6.45, 7) is 7.93. The highest BCUT2D eigenvalue weighted by Crippen LogP contribution is 2.17. The number of nitrogens with zero attached hydrogens (tertiary/aromatic N) is 2. The summed E-state index contributed by atoms with van der Waals surface area (Å²) >= 11 is 1.64. The second kappa shape index (κ2) is 10.6. The van der Waals surface area contributed by atoms with Crippen LogP contribution in [-0.4, -0.2) is 17.5 Å². The quantitative estimate of drug-likeness (QED) is 0.383. The van der Waals surface area contributed by atoms with Crippen molar-refractivity contribution in [3.05, 3.63) is 51.7 Å². The Morgan fingerprint density at radius 1 is 1.29 bits per heavy atom. The maximum atomic E-state index is 13.6. The van der Waals surface area contributed by atoms with E-state index in [-0.39, 0.29) is 29.8 Å². The smallest absolute Gasteiger partial charge is 0.191 e. The van der Waals surface area contributed by atoms with Crippen LogP contribution in [0.3, 0.4) is 0 Å². The van der Waals surface area contributed by atoms with Crippen molar-refractivity contribution in [1.82, 2.24) is 15.6 Å². The molecule has 0 bridgehead atoms. The average Bonchev–Trinajstić information content (AvgIpc) is 3.00. The van der Waals surface area contributed by atoms with Crippen LogP contribution in [0.5, 0.6) is 0 Å². The van der Waals surface area contributed by atoms with E-state index in [1.807, 2.05) is 13.0 Å². The highest BCUT2D eigenvalue weighted by molar-refractivity contribution is 14.0. The second-order valence-electron chi connectivity index (χ2n) is 5.46. The fourth-order valence-electron chi connectivity index (χ4n) is 1.96. The monoisotopic (exact) mass is 462 g/mol.